The summed E-state index contributed by atoms with van der Waals surface area (Å²) in [5.74, 6) is -1.86. The number of amides is 1. The van der Waals surface area contributed by atoms with Gasteiger partial charge in [-0.3, -0.25) is 4.79 Å². The van der Waals surface area contributed by atoms with Gasteiger partial charge >= 0.3 is 12.6 Å². The van der Waals surface area contributed by atoms with E-state index in [0.717, 1.165) is 0 Å². The lowest BCUT2D eigenvalue weighted by Gasteiger charge is -2.11. The van der Waals surface area contributed by atoms with Crippen LogP contribution in [-0.4, -0.2) is 30.2 Å². The van der Waals surface area contributed by atoms with Gasteiger partial charge < -0.3 is 19.9 Å². The number of ether oxygens (including phenoxy) is 2. The summed E-state index contributed by atoms with van der Waals surface area (Å²) in [4.78, 5) is 23.5. The van der Waals surface area contributed by atoms with Crippen LogP contribution in [0, 0.1) is 0 Å². The van der Waals surface area contributed by atoms with Crippen molar-refractivity contribution in [2.75, 3.05) is 11.9 Å². The number of phenolic OH excluding ortho intramolecular Hbond substituents is 1. The van der Waals surface area contributed by atoms with E-state index in [2.05, 4.69) is 10.1 Å². The molecule has 0 fully saturated rings. The largest absolute Gasteiger partial charge is 0.508 e. The summed E-state index contributed by atoms with van der Waals surface area (Å²) in [6, 6.07) is 11.0. The summed E-state index contributed by atoms with van der Waals surface area (Å²) in [5, 5.41) is 11.6. The fourth-order valence-electron chi connectivity index (χ4n) is 1.80. The molecule has 2 aromatic rings. The van der Waals surface area contributed by atoms with Gasteiger partial charge in [-0.15, -0.1) is 0 Å². The van der Waals surface area contributed by atoms with E-state index < -0.39 is 25.1 Å². The predicted molar refractivity (Wildman–Crippen MR) is 80.1 cm³/mol. The molecule has 0 unspecified atom stereocenters. The molecule has 0 aliphatic heterocycles. The van der Waals surface area contributed by atoms with Crippen molar-refractivity contribution >= 4 is 17.6 Å². The average molecular weight is 337 g/mol. The van der Waals surface area contributed by atoms with Gasteiger partial charge in [-0.1, -0.05) is 18.2 Å². The molecule has 126 valence electrons. The van der Waals surface area contributed by atoms with E-state index in [0.29, 0.717) is 0 Å². The molecule has 0 atom stereocenters. The van der Waals surface area contributed by atoms with Gasteiger partial charge in [0.2, 0.25) is 0 Å². The van der Waals surface area contributed by atoms with Crippen molar-refractivity contribution in [3.63, 3.8) is 0 Å². The summed E-state index contributed by atoms with van der Waals surface area (Å²) in [6.07, 6.45) is 0. The van der Waals surface area contributed by atoms with Crippen molar-refractivity contribution < 1.29 is 33.0 Å². The van der Waals surface area contributed by atoms with Gasteiger partial charge in [0, 0.05) is 0 Å². The number of nitrogens with one attached hydrogen (secondary N) is 1. The smallest absolute Gasteiger partial charge is 0.387 e. The number of anilines is 1. The van der Waals surface area contributed by atoms with E-state index in [-0.39, 0.29) is 22.7 Å². The number of aromatic hydroxyl groups is 1. The van der Waals surface area contributed by atoms with Gasteiger partial charge in [-0.25, -0.2) is 4.79 Å². The maximum atomic E-state index is 12.3. The number of rotatable bonds is 6. The Kier molecular flexibility index (Phi) is 5.67. The number of esters is 1. The van der Waals surface area contributed by atoms with Crippen LogP contribution < -0.4 is 10.1 Å². The second-order valence-electron chi connectivity index (χ2n) is 4.55. The van der Waals surface area contributed by atoms with Crippen molar-refractivity contribution in [3.05, 3.63) is 54.1 Å². The minimum atomic E-state index is -3.04. The van der Waals surface area contributed by atoms with E-state index >= 15 is 0 Å². The normalized spacial score (nSPS) is 10.3. The van der Waals surface area contributed by atoms with Gasteiger partial charge in [0.15, 0.2) is 6.61 Å². The topological polar surface area (TPSA) is 84.9 Å². The summed E-state index contributed by atoms with van der Waals surface area (Å²) >= 11 is 0. The first kappa shape index (κ1) is 17.2. The first-order valence-electron chi connectivity index (χ1n) is 6.75. The van der Waals surface area contributed by atoms with E-state index in [1.807, 2.05) is 0 Å². The first-order valence-corrected chi connectivity index (χ1v) is 6.75. The lowest BCUT2D eigenvalue weighted by atomic mass is 10.2. The average Bonchev–Trinajstić information content (AvgIpc) is 2.54. The Balaban J connectivity index is 1.93. The molecule has 2 aromatic carbocycles. The zero-order chi connectivity index (χ0) is 17.5. The van der Waals surface area contributed by atoms with Crippen molar-refractivity contribution in [2.24, 2.45) is 0 Å². The Bertz CT molecular complexity index is 736. The highest BCUT2D eigenvalue weighted by Gasteiger charge is 2.14. The molecule has 0 radical (unpaired) electrons. The molecule has 0 saturated carbocycles. The zero-order valence-corrected chi connectivity index (χ0v) is 12.2. The molecule has 2 N–H and O–H groups in total. The molecule has 0 aliphatic rings. The number of phenols is 1. The van der Waals surface area contributed by atoms with Crippen LogP contribution in [0.3, 0.4) is 0 Å². The molecule has 0 saturated heterocycles. The predicted octanol–water partition coefficient (Wildman–Crippen LogP) is 2.79. The number of halogens is 2. The van der Waals surface area contributed by atoms with Crippen LogP contribution in [-0.2, 0) is 9.53 Å². The highest BCUT2D eigenvalue weighted by atomic mass is 19.3. The summed E-state index contributed by atoms with van der Waals surface area (Å²) in [7, 11) is 0. The number of alkyl halides is 2. The lowest BCUT2D eigenvalue weighted by molar-refractivity contribution is -0.119. The fraction of sp³-hybridized carbons (Fsp3) is 0.125. The number of hydrogen-bond donors (Lipinski definition) is 2. The maximum absolute atomic E-state index is 12.3. The maximum Gasteiger partial charge on any atom is 0.387 e. The van der Waals surface area contributed by atoms with Crippen molar-refractivity contribution in [1.82, 2.24) is 0 Å². The highest BCUT2D eigenvalue weighted by molar-refractivity contribution is 5.96. The number of para-hydroxylation sites is 2. The molecule has 0 spiro atoms. The molecule has 0 aromatic heterocycles. The molecule has 8 heteroatoms. The minimum Gasteiger partial charge on any atom is -0.508 e. The van der Waals surface area contributed by atoms with Crippen LogP contribution in [0.5, 0.6) is 11.5 Å². The van der Waals surface area contributed by atoms with Crippen LogP contribution >= 0.6 is 0 Å². The van der Waals surface area contributed by atoms with E-state index in [1.165, 1.54) is 48.5 Å². The number of benzene rings is 2. The third-order valence-electron chi connectivity index (χ3n) is 2.79. The monoisotopic (exact) mass is 337 g/mol. The number of carbonyl (C=O) groups excluding carboxylic acids is 2. The second kappa shape index (κ2) is 7.91. The van der Waals surface area contributed by atoms with E-state index in [1.54, 1.807) is 0 Å². The molecule has 24 heavy (non-hydrogen) atoms. The fourth-order valence-corrected chi connectivity index (χ4v) is 1.80. The van der Waals surface area contributed by atoms with Crippen LogP contribution in [0.25, 0.3) is 0 Å². The molecule has 0 bridgehead atoms. The van der Waals surface area contributed by atoms with Crippen LogP contribution in [0.2, 0.25) is 0 Å². The van der Waals surface area contributed by atoms with Crippen molar-refractivity contribution in [1.29, 1.82) is 0 Å². The Labute approximate surface area is 135 Å². The summed E-state index contributed by atoms with van der Waals surface area (Å²) in [6.45, 7) is -3.66. The standard InChI is InChI=1S/C16H13F2NO5/c17-16(18)24-13-7-2-1-6-12(13)19-14(21)9-23-15(22)10-4-3-5-11(20)8-10/h1-8,16,20H,9H2,(H,19,21). The molecule has 0 aliphatic carbocycles. The molecule has 1 amide bonds. The first-order chi connectivity index (χ1) is 11.5. The molecule has 6 nitrogen and oxygen atoms in total. The zero-order valence-electron chi connectivity index (χ0n) is 12.2. The van der Waals surface area contributed by atoms with Crippen molar-refractivity contribution in [3.8, 4) is 11.5 Å². The molecular weight excluding hydrogens is 324 g/mol. The Morgan fingerprint density at radius 3 is 2.58 bits per heavy atom. The minimum absolute atomic E-state index is 0.0243. The second-order valence-corrected chi connectivity index (χ2v) is 4.55. The quantitative estimate of drug-likeness (QED) is 0.792. The Morgan fingerprint density at radius 2 is 1.88 bits per heavy atom. The summed E-state index contributed by atoms with van der Waals surface area (Å²) in [5.41, 5.74) is 0.0976. The number of carbonyl (C=O) groups is 2. The number of hydrogen-bond acceptors (Lipinski definition) is 5. The molecule has 0 heterocycles. The van der Waals surface area contributed by atoms with Gasteiger partial charge in [-0.2, -0.15) is 8.78 Å². The van der Waals surface area contributed by atoms with Crippen LogP contribution in [0.15, 0.2) is 48.5 Å². The van der Waals surface area contributed by atoms with E-state index in [4.69, 9.17) is 4.74 Å². The van der Waals surface area contributed by atoms with E-state index in [9.17, 15) is 23.5 Å². The third-order valence-corrected chi connectivity index (χ3v) is 2.79. The van der Waals surface area contributed by atoms with Crippen LogP contribution in [0.4, 0.5) is 14.5 Å². The highest BCUT2D eigenvalue weighted by Crippen LogP contribution is 2.25. The summed E-state index contributed by atoms with van der Waals surface area (Å²) < 4.78 is 33.6. The lowest BCUT2D eigenvalue weighted by Crippen LogP contribution is -2.21. The third kappa shape index (κ3) is 4.94. The van der Waals surface area contributed by atoms with Gasteiger partial charge in [-0.05, 0) is 30.3 Å². The van der Waals surface area contributed by atoms with Gasteiger partial charge in [0.05, 0.1) is 11.3 Å². The van der Waals surface area contributed by atoms with Gasteiger partial charge in [0.1, 0.15) is 11.5 Å². The Hall–Kier alpha value is -3.16. The van der Waals surface area contributed by atoms with Gasteiger partial charge in [0.25, 0.3) is 5.91 Å². The van der Waals surface area contributed by atoms with Crippen LogP contribution in [0.1, 0.15) is 10.4 Å². The SMILES string of the molecule is O=C(COC(=O)c1cccc(O)c1)Nc1ccccc1OC(F)F. The Morgan fingerprint density at radius 1 is 1.12 bits per heavy atom. The van der Waals surface area contributed by atoms with Crippen molar-refractivity contribution in [2.45, 2.75) is 6.61 Å². The molecule has 2 rings (SSSR count). The molecular formula is C16H13F2NO5.